The lowest BCUT2D eigenvalue weighted by Gasteiger charge is -2.18. The highest BCUT2D eigenvalue weighted by atomic mass is 16.2. The molecule has 1 aromatic rings. The number of amides is 2. The van der Waals surface area contributed by atoms with Gasteiger partial charge >= 0.3 is 0 Å². The van der Waals surface area contributed by atoms with E-state index in [1.807, 2.05) is 38.1 Å². The predicted molar refractivity (Wildman–Crippen MR) is 67.6 cm³/mol. The van der Waals surface area contributed by atoms with Gasteiger partial charge in [-0.05, 0) is 24.5 Å². The average Bonchev–Trinajstić information content (AvgIpc) is 2.28. The summed E-state index contributed by atoms with van der Waals surface area (Å²) in [5, 5.41) is 0. The van der Waals surface area contributed by atoms with Crippen molar-refractivity contribution in [2.45, 2.75) is 33.6 Å². The molecule has 0 N–H and O–H groups in total. The molecule has 1 rings (SSSR count). The second-order valence-corrected chi connectivity index (χ2v) is 4.17. The fourth-order valence-corrected chi connectivity index (χ4v) is 1.75. The number of benzene rings is 1. The molecular formula is C14H19NO2. The molecule has 0 aromatic heterocycles. The molecule has 92 valence electrons. The Morgan fingerprint density at radius 2 is 1.88 bits per heavy atom. The first-order valence-corrected chi connectivity index (χ1v) is 5.91. The number of carbonyl (C=O) groups is 2. The fourth-order valence-electron chi connectivity index (χ4n) is 1.75. The highest BCUT2D eigenvalue weighted by Gasteiger charge is 2.17. The molecule has 0 saturated heterocycles. The van der Waals surface area contributed by atoms with Gasteiger partial charge in [0, 0.05) is 13.5 Å². The third-order valence-corrected chi connectivity index (χ3v) is 2.73. The van der Waals surface area contributed by atoms with Crippen LogP contribution in [-0.2, 0) is 16.0 Å². The van der Waals surface area contributed by atoms with Gasteiger partial charge < -0.3 is 0 Å². The molecule has 0 aliphatic heterocycles. The maximum atomic E-state index is 12.0. The molecule has 3 heteroatoms. The van der Waals surface area contributed by atoms with Gasteiger partial charge in [-0.15, -0.1) is 0 Å². The van der Waals surface area contributed by atoms with Crippen LogP contribution in [0.3, 0.4) is 0 Å². The first-order chi connectivity index (χ1) is 8.06. The van der Waals surface area contributed by atoms with Crippen LogP contribution in [-0.4, -0.2) is 23.3 Å². The van der Waals surface area contributed by atoms with E-state index in [1.165, 1.54) is 11.8 Å². The van der Waals surface area contributed by atoms with E-state index >= 15 is 0 Å². The molecule has 0 heterocycles. The lowest BCUT2D eigenvalue weighted by molar-refractivity contribution is -0.143. The molecule has 0 unspecified atom stereocenters. The summed E-state index contributed by atoms with van der Waals surface area (Å²) in [5.41, 5.74) is 2.07. The van der Waals surface area contributed by atoms with Gasteiger partial charge in [0.25, 0.3) is 0 Å². The van der Waals surface area contributed by atoms with Gasteiger partial charge in [-0.3, -0.25) is 14.5 Å². The van der Waals surface area contributed by atoms with Crippen LogP contribution in [0.4, 0.5) is 0 Å². The smallest absolute Gasteiger partial charge is 0.233 e. The second-order valence-electron chi connectivity index (χ2n) is 4.17. The zero-order valence-electron chi connectivity index (χ0n) is 10.7. The van der Waals surface area contributed by atoms with Gasteiger partial charge in [-0.1, -0.05) is 31.2 Å². The molecule has 0 aliphatic rings. The summed E-state index contributed by atoms with van der Waals surface area (Å²) in [6.45, 7) is 5.86. The summed E-state index contributed by atoms with van der Waals surface area (Å²) in [6, 6.07) is 7.75. The van der Waals surface area contributed by atoms with Crippen LogP contribution in [0.15, 0.2) is 24.3 Å². The normalized spacial score (nSPS) is 10.1. The van der Waals surface area contributed by atoms with Crippen molar-refractivity contribution < 1.29 is 9.59 Å². The Hall–Kier alpha value is -1.64. The number of hydrogen-bond acceptors (Lipinski definition) is 2. The Balaban J connectivity index is 2.77. The van der Waals surface area contributed by atoms with Crippen molar-refractivity contribution in [1.29, 1.82) is 0 Å². The molecule has 0 aliphatic carbocycles. The summed E-state index contributed by atoms with van der Waals surface area (Å²) in [6.07, 6.45) is 1.09. The lowest BCUT2D eigenvalue weighted by atomic mass is 10.1. The van der Waals surface area contributed by atoms with Crippen LogP contribution in [0.25, 0.3) is 0 Å². The van der Waals surface area contributed by atoms with Crippen molar-refractivity contribution in [3.63, 3.8) is 0 Å². The number of rotatable bonds is 4. The van der Waals surface area contributed by atoms with Gasteiger partial charge in [0.2, 0.25) is 11.8 Å². The minimum atomic E-state index is -0.176. The first-order valence-electron chi connectivity index (χ1n) is 5.91. The van der Waals surface area contributed by atoms with Gasteiger partial charge in [0.1, 0.15) is 0 Å². The number of nitrogens with zero attached hydrogens (tertiary/aromatic N) is 1. The van der Waals surface area contributed by atoms with E-state index in [2.05, 4.69) is 0 Å². The third kappa shape index (κ3) is 3.70. The van der Waals surface area contributed by atoms with E-state index < -0.39 is 0 Å². The summed E-state index contributed by atoms with van der Waals surface area (Å²) < 4.78 is 0. The fraction of sp³-hybridized carbons (Fsp3) is 0.429. The predicted octanol–water partition coefficient (Wildman–Crippen LogP) is 2.32. The zero-order chi connectivity index (χ0) is 12.8. The number of carbonyl (C=O) groups excluding carboxylic acids is 2. The van der Waals surface area contributed by atoms with Crippen molar-refractivity contribution in [1.82, 2.24) is 4.90 Å². The Bertz CT molecular complexity index is 412. The third-order valence-electron chi connectivity index (χ3n) is 2.73. The van der Waals surface area contributed by atoms with Crippen molar-refractivity contribution in [3.8, 4) is 0 Å². The van der Waals surface area contributed by atoms with E-state index in [9.17, 15) is 9.59 Å². The number of imide groups is 1. The van der Waals surface area contributed by atoms with Crippen LogP contribution in [0.2, 0.25) is 0 Å². The van der Waals surface area contributed by atoms with Crippen molar-refractivity contribution in [3.05, 3.63) is 35.4 Å². The molecule has 0 saturated carbocycles. The van der Waals surface area contributed by atoms with Crippen LogP contribution < -0.4 is 0 Å². The molecule has 0 radical (unpaired) electrons. The Kier molecular flexibility index (Phi) is 4.88. The molecule has 2 amide bonds. The van der Waals surface area contributed by atoms with Gasteiger partial charge in [-0.2, -0.15) is 0 Å². The molecule has 0 spiro atoms. The maximum Gasteiger partial charge on any atom is 0.233 e. The molecule has 3 nitrogen and oxygen atoms in total. The highest BCUT2D eigenvalue weighted by Crippen LogP contribution is 2.09. The minimum absolute atomic E-state index is 0.117. The van der Waals surface area contributed by atoms with Gasteiger partial charge in [0.05, 0.1) is 6.42 Å². The van der Waals surface area contributed by atoms with E-state index in [1.54, 1.807) is 0 Å². The Morgan fingerprint density at radius 1 is 1.24 bits per heavy atom. The summed E-state index contributed by atoms with van der Waals surface area (Å²) >= 11 is 0. The average molecular weight is 233 g/mol. The molecule has 17 heavy (non-hydrogen) atoms. The molecule has 0 atom stereocenters. The zero-order valence-corrected chi connectivity index (χ0v) is 10.7. The van der Waals surface area contributed by atoms with Gasteiger partial charge in [-0.25, -0.2) is 0 Å². The molecular weight excluding hydrogens is 214 g/mol. The minimum Gasteiger partial charge on any atom is -0.283 e. The lowest BCUT2D eigenvalue weighted by Crippen LogP contribution is -2.36. The topological polar surface area (TPSA) is 37.4 Å². The summed E-state index contributed by atoms with van der Waals surface area (Å²) in [4.78, 5) is 24.7. The van der Waals surface area contributed by atoms with E-state index in [0.717, 1.165) is 17.5 Å². The van der Waals surface area contributed by atoms with E-state index in [0.29, 0.717) is 13.0 Å². The number of aryl methyl sites for hydroxylation is 1. The standard InChI is InChI=1S/C14H19NO2/c1-4-9-15(12(3)16)14(17)10-13-8-6-5-7-11(13)2/h5-8H,4,9-10H2,1-3H3. The number of hydrogen-bond donors (Lipinski definition) is 0. The van der Waals surface area contributed by atoms with Crippen LogP contribution in [0.1, 0.15) is 31.4 Å². The SMILES string of the molecule is CCCN(C(C)=O)C(=O)Cc1ccccc1C. The Morgan fingerprint density at radius 3 is 2.41 bits per heavy atom. The van der Waals surface area contributed by atoms with E-state index in [4.69, 9.17) is 0 Å². The molecule has 1 aromatic carbocycles. The summed E-state index contributed by atoms with van der Waals surface area (Å²) in [5.74, 6) is -0.293. The maximum absolute atomic E-state index is 12.0. The van der Waals surface area contributed by atoms with Crippen LogP contribution >= 0.6 is 0 Å². The van der Waals surface area contributed by atoms with Gasteiger partial charge in [0.15, 0.2) is 0 Å². The van der Waals surface area contributed by atoms with Crippen LogP contribution in [0.5, 0.6) is 0 Å². The first kappa shape index (κ1) is 13.4. The molecule has 0 fully saturated rings. The van der Waals surface area contributed by atoms with E-state index in [-0.39, 0.29) is 11.8 Å². The highest BCUT2D eigenvalue weighted by molar-refractivity contribution is 5.95. The quantitative estimate of drug-likeness (QED) is 0.800. The van der Waals surface area contributed by atoms with Crippen molar-refractivity contribution in [2.24, 2.45) is 0 Å². The Labute approximate surface area is 102 Å². The molecule has 0 bridgehead atoms. The second kappa shape index (κ2) is 6.18. The van der Waals surface area contributed by atoms with Crippen molar-refractivity contribution >= 4 is 11.8 Å². The monoisotopic (exact) mass is 233 g/mol. The largest absolute Gasteiger partial charge is 0.283 e. The van der Waals surface area contributed by atoms with Crippen molar-refractivity contribution in [2.75, 3.05) is 6.54 Å². The van der Waals surface area contributed by atoms with Crippen LogP contribution in [0, 0.1) is 6.92 Å². The summed E-state index contributed by atoms with van der Waals surface area (Å²) in [7, 11) is 0.